The number of phenols is 1. The molecule has 34 heavy (non-hydrogen) atoms. The standard InChI is InChI=1S/C25H20N4O4S/c30-21-15-12-16-6-4-5-9-20(16)22(21)23(17-10-13-19(14-11-17)29(32)33)26-25(34)28-27-24(31)18-7-2-1-3-8-18/h1-15,23,30H,(H,27,31)(H2,26,28,34). The number of hydrogen-bond acceptors (Lipinski definition) is 5. The predicted octanol–water partition coefficient (Wildman–Crippen LogP) is 4.35. The van der Waals surface area contributed by atoms with Gasteiger partial charge in [-0.2, -0.15) is 0 Å². The molecule has 9 heteroatoms. The molecule has 8 nitrogen and oxygen atoms in total. The van der Waals surface area contributed by atoms with Crippen molar-refractivity contribution in [3.05, 3.63) is 118 Å². The van der Waals surface area contributed by atoms with E-state index in [1.165, 1.54) is 12.1 Å². The van der Waals surface area contributed by atoms with Crippen LogP contribution in [-0.2, 0) is 0 Å². The first-order valence-electron chi connectivity index (χ1n) is 10.3. The summed E-state index contributed by atoms with van der Waals surface area (Å²) in [4.78, 5) is 23.0. The summed E-state index contributed by atoms with van der Waals surface area (Å²) in [6, 6.07) is 24.9. The van der Waals surface area contributed by atoms with Gasteiger partial charge in [0.2, 0.25) is 0 Å². The third kappa shape index (κ3) is 4.94. The Labute approximate surface area is 200 Å². The van der Waals surface area contributed by atoms with Crippen LogP contribution in [0.4, 0.5) is 5.69 Å². The van der Waals surface area contributed by atoms with E-state index in [1.807, 2.05) is 30.3 Å². The van der Waals surface area contributed by atoms with Gasteiger partial charge in [0.25, 0.3) is 11.6 Å². The number of nitrogens with one attached hydrogen (secondary N) is 3. The molecule has 0 saturated heterocycles. The Morgan fingerprint density at radius 3 is 2.26 bits per heavy atom. The van der Waals surface area contributed by atoms with Gasteiger partial charge in [-0.05, 0) is 58.9 Å². The molecule has 0 aliphatic carbocycles. The van der Waals surface area contributed by atoms with Crippen molar-refractivity contribution in [3.8, 4) is 5.75 Å². The van der Waals surface area contributed by atoms with Crippen molar-refractivity contribution in [2.75, 3.05) is 0 Å². The van der Waals surface area contributed by atoms with Gasteiger partial charge in [0, 0.05) is 23.3 Å². The molecule has 0 aromatic heterocycles. The number of aromatic hydroxyl groups is 1. The number of hydrazine groups is 1. The van der Waals surface area contributed by atoms with Crippen LogP contribution < -0.4 is 16.2 Å². The van der Waals surface area contributed by atoms with Crippen molar-refractivity contribution >= 4 is 39.7 Å². The highest BCUT2D eigenvalue weighted by atomic mass is 32.1. The number of hydrogen-bond donors (Lipinski definition) is 4. The number of carbonyl (C=O) groups is 1. The van der Waals surface area contributed by atoms with Crippen LogP contribution in [0.2, 0.25) is 0 Å². The van der Waals surface area contributed by atoms with E-state index in [2.05, 4.69) is 16.2 Å². The Hall–Kier alpha value is -4.50. The monoisotopic (exact) mass is 472 g/mol. The van der Waals surface area contributed by atoms with Crippen LogP contribution in [0.1, 0.15) is 27.5 Å². The average molecular weight is 473 g/mol. The van der Waals surface area contributed by atoms with Crippen LogP contribution in [0.3, 0.4) is 0 Å². The summed E-state index contributed by atoms with van der Waals surface area (Å²) >= 11 is 5.41. The number of carbonyl (C=O) groups excluding carboxylic acids is 1. The molecule has 4 aromatic rings. The highest BCUT2D eigenvalue weighted by Crippen LogP contribution is 2.36. The number of phenolic OH excluding ortho intramolecular Hbond substituents is 1. The fraction of sp³-hybridized carbons (Fsp3) is 0.0400. The second kappa shape index (κ2) is 9.97. The Balaban J connectivity index is 1.65. The van der Waals surface area contributed by atoms with Crippen LogP contribution in [-0.4, -0.2) is 21.0 Å². The third-order valence-electron chi connectivity index (χ3n) is 5.27. The SMILES string of the molecule is O=C(NNC(=S)NC(c1ccc([N+](=O)[O-])cc1)c1c(O)ccc2ccccc12)c1ccccc1. The van der Waals surface area contributed by atoms with E-state index < -0.39 is 11.0 Å². The van der Waals surface area contributed by atoms with Crippen LogP contribution in [0.25, 0.3) is 10.8 Å². The van der Waals surface area contributed by atoms with Gasteiger partial charge in [-0.3, -0.25) is 25.8 Å². The Bertz CT molecular complexity index is 1360. The topological polar surface area (TPSA) is 117 Å². The van der Waals surface area contributed by atoms with E-state index in [0.29, 0.717) is 16.7 Å². The maximum atomic E-state index is 12.3. The van der Waals surface area contributed by atoms with Crippen molar-refractivity contribution in [3.63, 3.8) is 0 Å². The normalized spacial score (nSPS) is 11.4. The lowest BCUT2D eigenvalue weighted by Crippen LogP contribution is -2.47. The smallest absolute Gasteiger partial charge is 0.269 e. The number of thiocarbonyl (C=S) groups is 1. The zero-order chi connectivity index (χ0) is 24.1. The number of fused-ring (bicyclic) bond motifs is 1. The summed E-state index contributed by atoms with van der Waals surface area (Å²) in [5, 5.41) is 26.8. The van der Waals surface area contributed by atoms with Crippen molar-refractivity contribution in [1.82, 2.24) is 16.2 Å². The number of amides is 1. The summed E-state index contributed by atoms with van der Waals surface area (Å²) in [5.41, 5.74) is 6.80. The molecule has 0 fully saturated rings. The van der Waals surface area contributed by atoms with Gasteiger partial charge in [-0.25, -0.2) is 0 Å². The molecule has 0 spiro atoms. The molecule has 1 amide bonds. The van der Waals surface area contributed by atoms with Crippen molar-refractivity contribution in [2.24, 2.45) is 0 Å². The fourth-order valence-corrected chi connectivity index (χ4v) is 3.81. The second-order valence-electron chi connectivity index (χ2n) is 7.42. The first kappa shape index (κ1) is 22.7. The minimum absolute atomic E-state index is 0.0330. The number of nitrogens with zero attached hydrogens (tertiary/aromatic N) is 1. The molecule has 4 N–H and O–H groups in total. The highest BCUT2D eigenvalue weighted by molar-refractivity contribution is 7.80. The van der Waals surface area contributed by atoms with E-state index in [4.69, 9.17) is 12.2 Å². The van der Waals surface area contributed by atoms with Crippen molar-refractivity contribution in [1.29, 1.82) is 0 Å². The lowest BCUT2D eigenvalue weighted by Gasteiger charge is -2.24. The number of nitro benzene ring substituents is 1. The number of nitro groups is 1. The Morgan fingerprint density at radius 2 is 1.56 bits per heavy atom. The van der Waals surface area contributed by atoms with Crippen molar-refractivity contribution in [2.45, 2.75) is 6.04 Å². The molecular formula is C25H20N4O4S. The van der Waals surface area contributed by atoms with Gasteiger partial charge in [0.1, 0.15) is 5.75 Å². The maximum Gasteiger partial charge on any atom is 0.269 e. The fourth-order valence-electron chi connectivity index (χ4n) is 3.64. The Kier molecular flexibility index (Phi) is 6.65. The molecule has 0 aliphatic heterocycles. The zero-order valence-corrected chi connectivity index (χ0v) is 18.6. The van der Waals surface area contributed by atoms with Gasteiger partial charge >= 0.3 is 0 Å². The van der Waals surface area contributed by atoms with Crippen LogP contribution in [0.15, 0.2) is 91.0 Å². The maximum absolute atomic E-state index is 12.3. The minimum atomic E-state index is -0.666. The first-order valence-corrected chi connectivity index (χ1v) is 10.7. The van der Waals surface area contributed by atoms with E-state index >= 15 is 0 Å². The van der Waals surface area contributed by atoms with E-state index in [-0.39, 0.29) is 22.5 Å². The molecule has 4 rings (SSSR count). The molecular weight excluding hydrogens is 452 g/mol. The summed E-state index contributed by atoms with van der Waals surface area (Å²) in [5.74, 6) is -0.338. The number of benzene rings is 4. The van der Waals surface area contributed by atoms with Crippen LogP contribution in [0, 0.1) is 10.1 Å². The van der Waals surface area contributed by atoms with E-state index in [0.717, 1.165) is 10.8 Å². The van der Waals surface area contributed by atoms with Crippen LogP contribution in [0.5, 0.6) is 5.75 Å². The molecule has 0 aliphatic rings. The molecule has 0 radical (unpaired) electrons. The van der Waals surface area contributed by atoms with Gasteiger partial charge in [0.05, 0.1) is 11.0 Å². The van der Waals surface area contributed by atoms with Crippen LogP contribution >= 0.6 is 12.2 Å². The molecule has 1 unspecified atom stereocenters. The predicted molar refractivity (Wildman–Crippen MR) is 133 cm³/mol. The minimum Gasteiger partial charge on any atom is -0.508 e. The lowest BCUT2D eigenvalue weighted by molar-refractivity contribution is -0.384. The first-order chi connectivity index (χ1) is 16.4. The zero-order valence-electron chi connectivity index (χ0n) is 17.8. The Morgan fingerprint density at radius 1 is 0.882 bits per heavy atom. The van der Waals surface area contributed by atoms with Gasteiger partial charge in [-0.1, -0.05) is 48.5 Å². The molecule has 1 atom stereocenters. The molecule has 0 bridgehead atoms. The summed E-state index contributed by atoms with van der Waals surface area (Å²) in [6.45, 7) is 0. The summed E-state index contributed by atoms with van der Waals surface area (Å²) in [6.07, 6.45) is 0. The number of rotatable bonds is 5. The summed E-state index contributed by atoms with van der Waals surface area (Å²) < 4.78 is 0. The molecule has 0 saturated carbocycles. The molecule has 4 aromatic carbocycles. The van der Waals surface area contributed by atoms with E-state index in [1.54, 1.807) is 48.5 Å². The highest BCUT2D eigenvalue weighted by Gasteiger charge is 2.22. The molecule has 170 valence electrons. The largest absolute Gasteiger partial charge is 0.508 e. The third-order valence-corrected chi connectivity index (χ3v) is 5.49. The van der Waals surface area contributed by atoms with E-state index in [9.17, 15) is 20.0 Å². The summed E-state index contributed by atoms with van der Waals surface area (Å²) in [7, 11) is 0. The second-order valence-corrected chi connectivity index (χ2v) is 7.83. The number of non-ortho nitro benzene ring substituents is 1. The molecule has 0 heterocycles. The van der Waals surface area contributed by atoms with Crippen molar-refractivity contribution < 1.29 is 14.8 Å². The average Bonchev–Trinajstić information content (AvgIpc) is 2.86. The van der Waals surface area contributed by atoms with Gasteiger partial charge in [-0.15, -0.1) is 0 Å². The van der Waals surface area contributed by atoms with Gasteiger partial charge < -0.3 is 10.4 Å². The quantitative estimate of drug-likeness (QED) is 0.194. The lowest BCUT2D eigenvalue weighted by atomic mass is 9.92. The van der Waals surface area contributed by atoms with Gasteiger partial charge in [0.15, 0.2) is 5.11 Å².